The van der Waals surface area contributed by atoms with Gasteiger partial charge in [0.05, 0.1) is 10.9 Å². The Morgan fingerprint density at radius 1 is 1.31 bits per heavy atom. The third-order valence-corrected chi connectivity index (χ3v) is 4.35. The summed E-state index contributed by atoms with van der Waals surface area (Å²) in [6, 6.07) is 7.58. The van der Waals surface area contributed by atoms with Crippen LogP contribution >= 0.6 is 0 Å². The van der Waals surface area contributed by atoms with E-state index >= 15 is 0 Å². The number of nitrogens with zero attached hydrogens (tertiary/aromatic N) is 2. The largest absolute Gasteiger partial charge is 0.348 e. The summed E-state index contributed by atoms with van der Waals surface area (Å²) in [5, 5.41) is 2.78. The summed E-state index contributed by atoms with van der Waals surface area (Å²) in [5.74, 6) is -0.888. The van der Waals surface area contributed by atoms with Gasteiger partial charge < -0.3 is 5.32 Å². The van der Waals surface area contributed by atoms with E-state index in [1.165, 1.54) is 22.9 Å². The van der Waals surface area contributed by atoms with Gasteiger partial charge in [-0.1, -0.05) is 18.2 Å². The van der Waals surface area contributed by atoms with Crippen molar-refractivity contribution in [1.29, 1.82) is 0 Å². The molecule has 0 atom stereocenters. The molecule has 0 spiro atoms. The van der Waals surface area contributed by atoms with Crippen LogP contribution in [0.4, 0.5) is 4.39 Å². The van der Waals surface area contributed by atoms with Crippen molar-refractivity contribution < 1.29 is 9.18 Å². The van der Waals surface area contributed by atoms with E-state index in [9.17, 15) is 18.8 Å². The molecule has 0 unspecified atom stereocenters. The first kappa shape index (κ1) is 16.2. The third kappa shape index (κ3) is 2.90. The number of amides is 1. The van der Waals surface area contributed by atoms with E-state index in [-0.39, 0.29) is 29.2 Å². The zero-order valence-corrected chi connectivity index (χ0v) is 13.7. The standard InChI is InChI=1S/C18H15FN4O3/c19-14-4-2-1-3-10(14)8-21-16(24)11-7-13-15(20-9-11)23(12-5-6-12)18(26)22-17(13)25/h1-4,7,9,12H,5-6,8H2,(H,21,24)(H,22,25,26). The molecule has 8 heteroatoms. The second-order valence-electron chi connectivity index (χ2n) is 6.23. The zero-order chi connectivity index (χ0) is 18.3. The van der Waals surface area contributed by atoms with Gasteiger partial charge in [0.1, 0.15) is 11.5 Å². The normalized spacial score (nSPS) is 13.7. The molecule has 132 valence electrons. The zero-order valence-electron chi connectivity index (χ0n) is 13.7. The number of halogens is 1. The second kappa shape index (κ2) is 6.21. The highest BCUT2D eigenvalue weighted by Crippen LogP contribution is 2.34. The number of aromatic amines is 1. The molecule has 0 saturated heterocycles. The van der Waals surface area contributed by atoms with E-state index in [1.807, 2.05) is 0 Å². The number of carbonyl (C=O) groups is 1. The van der Waals surface area contributed by atoms with Crippen molar-refractivity contribution in [2.24, 2.45) is 0 Å². The maximum absolute atomic E-state index is 13.6. The minimum absolute atomic E-state index is 0.0154. The number of hydrogen-bond acceptors (Lipinski definition) is 4. The fourth-order valence-electron chi connectivity index (χ4n) is 2.85. The average molecular weight is 354 g/mol. The van der Waals surface area contributed by atoms with Gasteiger partial charge in [0.2, 0.25) is 0 Å². The quantitative estimate of drug-likeness (QED) is 0.742. The number of carbonyl (C=O) groups excluding carboxylic acids is 1. The lowest BCUT2D eigenvalue weighted by atomic mass is 10.2. The first-order valence-electron chi connectivity index (χ1n) is 8.21. The van der Waals surface area contributed by atoms with Gasteiger partial charge in [0, 0.05) is 24.3 Å². The van der Waals surface area contributed by atoms with Crippen LogP contribution in [0.2, 0.25) is 0 Å². The molecule has 0 aliphatic heterocycles. The van der Waals surface area contributed by atoms with Gasteiger partial charge in [0.25, 0.3) is 11.5 Å². The Balaban J connectivity index is 1.65. The van der Waals surface area contributed by atoms with Crippen molar-refractivity contribution in [3.05, 3.63) is 74.3 Å². The Morgan fingerprint density at radius 2 is 2.08 bits per heavy atom. The molecule has 1 aromatic carbocycles. The van der Waals surface area contributed by atoms with E-state index in [0.29, 0.717) is 5.56 Å². The van der Waals surface area contributed by atoms with Gasteiger partial charge >= 0.3 is 5.69 Å². The lowest BCUT2D eigenvalue weighted by Gasteiger charge is -2.09. The lowest BCUT2D eigenvalue weighted by molar-refractivity contribution is 0.0950. The van der Waals surface area contributed by atoms with Gasteiger partial charge in [-0.05, 0) is 25.0 Å². The first-order valence-corrected chi connectivity index (χ1v) is 8.21. The summed E-state index contributed by atoms with van der Waals surface area (Å²) in [6.07, 6.45) is 3.03. The smallest absolute Gasteiger partial charge is 0.330 e. The third-order valence-electron chi connectivity index (χ3n) is 4.35. The van der Waals surface area contributed by atoms with Crippen molar-refractivity contribution in [2.75, 3.05) is 0 Å². The van der Waals surface area contributed by atoms with E-state index in [1.54, 1.807) is 18.2 Å². The van der Waals surface area contributed by atoms with Crippen molar-refractivity contribution in [3.8, 4) is 0 Å². The van der Waals surface area contributed by atoms with Crippen LogP contribution in [-0.2, 0) is 6.54 Å². The Labute approximate surface area is 146 Å². The van der Waals surface area contributed by atoms with Gasteiger partial charge in [-0.3, -0.25) is 19.1 Å². The summed E-state index contributed by atoms with van der Waals surface area (Å²) in [4.78, 5) is 42.9. The van der Waals surface area contributed by atoms with Crippen molar-refractivity contribution in [2.45, 2.75) is 25.4 Å². The molecule has 1 amide bonds. The molecule has 0 radical (unpaired) electrons. The number of benzene rings is 1. The summed E-state index contributed by atoms with van der Waals surface area (Å²) >= 11 is 0. The molecular weight excluding hydrogens is 339 g/mol. The Hall–Kier alpha value is -3.29. The van der Waals surface area contributed by atoms with E-state index < -0.39 is 23.0 Å². The van der Waals surface area contributed by atoms with Crippen LogP contribution in [0.1, 0.15) is 34.8 Å². The summed E-state index contributed by atoms with van der Waals surface area (Å²) in [7, 11) is 0. The molecule has 1 aliphatic carbocycles. The molecule has 2 N–H and O–H groups in total. The summed E-state index contributed by atoms with van der Waals surface area (Å²) < 4.78 is 15.1. The number of H-pyrrole nitrogens is 1. The molecule has 4 rings (SSSR count). The van der Waals surface area contributed by atoms with Gasteiger partial charge in [-0.15, -0.1) is 0 Å². The number of hydrogen-bond donors (Lipinski definition) is 2. The molecular formula is C18H15FN4O3. The topological polar surface area (TPSA) is 96.8 Å². The fraction of sp³-hybridized carbons (Fsp3) is 0.222. The van der Waals surface area contributed by atoms with Crippen LogP contribution in [0.15, 0.2) is 46.1 Å². The summed E-state index contributed by atoms with van der Waals surface area (Å²) in [5.41, 5.74) is -0.283. The van der Waals surface area contributed by atoms with Crippen molar-refractivity contribution in [1.82, 2.24) is 19.9 Å². The lowest BCUT2D eigenvalue weighted by Crippen LogP contribution is -2.31. The van der Waals surface area contributed by atoms with E-state index in [2.05, 4.69) is 15.3 Å². The predicted molar refractivity (Wildman–Crippen MR) is 92.5 cm³/mol. The number of fused-ring (bicyclic) bond motifs is 1. The highest BCUT2D eigenvalue weighted by molar-refractivity contribution is 5.96. The first-order chi connectivity index (χ1) is 12.5. The maximum Gasteiger partial charge on any atom is 0.330 e. The van der Waals surface area contributed by atoms with Crippen LogP contribution in [0.25, 0.3) is 11.0 Å². The Bertz CT molecular complexity index is 1130. The van der Waals surface area contributed by atoms with Crippen LogP contribution in [-0.4, -0.2) is 20.4 Å². The van der Waals surface area contributed by atoms with Crippen LogP contribution in [0, 0.1) is 5.82 Å². The average Bonchev–Trinajstić information content (AvgIpc) is 3.45. The molecule has 26 heavy (non-hydrogen) atoms. The second-order valence-corrected chi connectivity index (χ2v) is 6.23. The SMILES string of the molecule is O=C(NCc1ccccc1F)c1cnc2c(c1)c(=O)[nH]c(=O)n2C1CC1. The fourth-order valence-corrected chi connectivity index (χ4v) is 2.85. The molecule has 3 aromatic rings. The van der Waals surface area contributed by atoms with Crippen molar-refractivity contribution in [3.63, 3.8) is 0 Å². The maximum atomic E-state index is 13.6. The Morgan fingerprint density at radius 3 is 2.81 bits per heavy atom. The van der Waals surface area contributed by atoms with Gasteiger partial charge in [0.15, 0.2) is 0 Å². The van der Waals surface area contributed by atoms with Gasteiger partial charge in [-0.25, -0.2) is 14.2 Å². The number of nitrogens with one attached hydrogen (secondary N) is 2. The molecule has 1 fully saturated rings. The molecule has 0 bridgehead atoms. The van der Waals surface area contributed by atoms with Crippen LogP contribution < -0.4 is 16.6 Å². The number of rotatable bonds is 4. The highest BCUT2D eigenvalue weighted by atomic mass is 19.1. The highest BCUT2D eigenvalue weighted by Gasteiger charge is 2.27. The predicted octanol–water partition coefficient (Wildman–Crippen LogP) is 1.49. The molecule has 2 heterocycles. The van der Waals surface area contributed by atoms with E-state index in [4.69, 9.17) is 0 Å². The van der Waals surface area contributed by atoms with Crippen LogP contribution in [0.3, 0.4) is 0 Å². The van der Waals surface area contributed by atoms with Crippen molar-refractivity contribution >= 4 is 16.9 Å². The molecule has 1 aliphatic rings. The van der Waals surface area contributed by atoms with Gasteiger partial charge in [-0.2, -0.15) is 0 Å². The summed E-state index contributed by atoms with van der Waals surface area (Å²) in [6.45, 7) is 0.0154. The van der Waals surface area contributed by atoms with E-state index in [0.717, 1.165) is 12.8 Å². The molecule has 7 nitrogen and oxygen atoms in total. The molecule has 1 saturated carbocycles. The minimum atomic E-state index is -0.585. The van der Waals surface area contributed by atoms with Crippen LogP contribution in [0.5, 0.6) is 0 Å². The Kier molecular flexibility index (Phi) is 3.87. The number of aromatic nitrogens is 3. The number of pyridine rings is 1. The molecule has 2 aromatic heterocycles. The minimum Gasteiger partial charge on any atom is -0.348 e. The monoisotopic (exact) mass is 354 g/mol.